The Morgan fingerprint density at radius 1 is 1.53 bits per heavy atom. The van der Waals surface area contributed by atoms with Gasteiger partial charge in [0.1, 0.15) is 5.69 Å². The predicted octanol–water partition coefficient (Wildman–Crippen LogP) is 3.81. The Bertz CT molecular complexity index is 345. The largest absolute Gasteiger partial charge is 0.293 e. The standard InChI is InChI=1S/C12H19NOS/c1-5-7-12(4,6-2)11-13-10(8-15-11)9(3)14/h8H,5-7H2,1-4H3. The zero-order valence-electron chi connectivity index (χ0n) is 9.96. The molecule has 1 heterocycles. The molecule has 0 amide bonds. The number of Topliss-reactive ketones (excluding diaryl/α,β-unsaturated/α-hetero) is 1. The number of ketones is 1. The minimum atomic E-state index is 0.0625. The van der Waals surface area contributed by atoms with Crippen molar-refractivity contribution in [2.24, 2.45) is 0 Å². The molecule has 0 fully saturated rings. The normalized spacial score (nSPS) is 14.9. The summed E-state index contributed by atoms with van der Waals surface area (Å²) < 4.78 is 0. The molecule has 15 heavy (non-hydrogen) atoms. The molecule has 0 radical (unpaired) electrons. The average Bonchev–Trinajstić information content (AvgIpc) is 2.67. The summed E-state index contributed by atoms with van der Waals surface area (Å²) in [6.07, 6.45) is 3.36. The molecule has 1 rings (SSSR count). The first-order valence-electron chi connectivity index (χ1n) is 5.50. The van der Waals surface area contributed by atoms with Gasteiger partial charge in [-0.25, -0.2) is 4.98 Å². The number of nitrogens with zero attached hydrogens (tertiary/aromatic N) is 1. The van der Waals surface area contributed by atoms with E-state index in [0.717, 1.165) is 24.3 Å². The summed E-state index contributed by atoms with van der Waals surface area (Å²) in [6.45, 7) is 8.18. The van der Waals surface area contributed by atoms with Gasteiger partial charge in [-0.3, -0.25) is 4.79 Å². The molecule has 0 aromatic carbocycles. The van der Waals surface area contributed by atoms with Crippen LogP contribution in [-0.4, -0.2) is 10.8 Å². The fourth-order valence-electron chi connectivity index (χ4n) is 1.70. The molecular formula is C12H19NOS. The van der Waals surface area contributed by atoms with Gasteiger partial charge in [0.25, 0.3) is 0 Å². The van der Waals surface area contributed by atoms with E-state index in [2.05, 4.69) is 25.8 Å². The van der Waals surface area contributed by atoms with Gasteiger partial charge in [-0.15, -0.1) is 11.3 Å². The second-order valence-electron chi connectivity index (χ2n) is 4.26. The summed E-state index contributed by atoms with van der Waals surface area (Å²) in [7, 11) is 0. The zero-order chi connectivity index (χ0) is 11.5. The van der Waals surface area contributed by atoms with Crippen molar-refractivity contribution in [2.75, 3.05) is 0 Å². The van der Waals surface area contributed by atoms with E-state index >= 15 is 0 Å². The van der Waals surface area contributed by atoms with Gasteiger partial charge < -0.3 is 0 Å². The number of rotatable bonds is 5. The Hall–Kier alpha value is -0.700. The molecule has 1 aromatic rings. The van der Waals surface area contributed by atoms with Gasteiger partial charge in [-0.05, 0) is 12.8 Å². The van der Waals surface area contributed by atoms with Crippen LogP contribution in [-0.2, 0) is 5.41 Å². The highest BCUT2D eigenvalue weighted by molar-refractivity contribution is 7.10. The fraction of sp³-hybridized carbons (Fsp3) is 0.667. The van der Waals surface area contributed by atoms with Crippen molar-refractivity contribution in [3.05, 3.63) is 16.1 Å². The van der Waals surface area contributed by atoms with Crippen molar-refractivity contribution in [1.29, 1.82) is 0 Å². The summed E-state index contributed by atoms with van der Waals surface area (Å²) in [5.41, 5.74) is 0.762. The SMILES string of the molecule is CCCC(C)(CC)c1nc(C(C)=O)cs1. The molecule has 0 spiro atoms. The number of hydrogen-bond donors (Lipinski definition) is 0. The molecule has 0 aliphatic carbocycles. The third-order valence-electron chi connectivity index (χ3n) is 2.96. The highest BCUT2D eigenvalue weighted by Crippen LogP contribution is 2.34. The van der Waals surface area contributed by atoms with E-state index in [9.17, 15) is 4.79 Å². The van der Waals surface area contributed by atoms with E-state index in [1.165, 1.54) is 0 Å². The van der Waals surface area contributed by atoms with E-state index in [1.54, 1.807) is 18.3 Å². The molecule has 2 nitrogen and oxygen atoms in total. The van der Waals surface area contributed by atoms with Gasteiger partial charge >= 0.3 is 0 Å². The van der Waals surface area contributed by atoms with Gasteiger partial charge in [0.2, 0.25) is 0 Å². The van der Waals surface area contributed by atoms with Crippen LogP contribution in [0, 0.1) is 0 Å². The molecule has 0 N–H and O–H groups in total. The Morgan fingerprint density at radius 2 is 2.20 bits per heavy atom. The molecular weight excluding hydrogens is 206 g/mol. The molecule has 84 valence electrons. The van der Waals surface area contributed by atoms with E-state index in [-0.39, 0.29) is 11.2 Å². The number of aromatic nitrogens is 1. The quantitative estimate of drug-likeness (QED) is 0.713. The van der Waals surface area contributed by atoms with Gasteiger partial charge in [-0.1, -0.05) is 27.2 Å². The number of carbonyl (C=O) groups is 1. The Balaban J connectivity index is 2.97. The summed E-state index contributed by atoms with van der Waals surface area (Å²) in [5, 5.41) is 2.98. The van der Waals surface area contributed by atoms with Crippen molar-refractivity contribution >= 4 is 17.1 Å². The van der Waals surface area contributed by atoms with E-state index in [4.69, 9.17) is 0 Å². The maximum Gasteiger partial charge on any atom is 0.178 e. The van der Waals surface area contributed by atoms with Gasteiger partial charge in [0.15, 0.2) is 5.78 Å². The maximum absolute atomic E-state index is 11.2. The molecule has 0 saturated heterocycles. The second kappa shape index (κ2) is 4.88. The van der Waals surface area contributed by atoms with Crippen LogP contribution in [0.1, 0.15) is 62.5 Å². The molecule has 0 aliphatic heterocycles. The van der Waals surface area contributed by atoms with Gasteiger partial charge in [0.05, 0.1) is 5.01 Å². The highest BCUT2D eigenvalue weighted by Gasteiger charge is 2.27. The lowest BCUT2D eigenvalue weighted by Gasteiger charge is -2.24. The first kappa shape index (κ1) is 12.4. The summed E-state index contributed by atoms with van der Waals surface area (Å²) >= 11 is 1.62. The van der Waals surface area contributed by atoms with Crippen LogP contribution in [0.5, 0.6) is 0 Å². The van der Waals surface area contributed by atoms with E-state index in [0.29, 0.717) is 5.69 Å². The van der Waals surface area contributed by atoms with Crippen molar-refractivity contribution in [2.45, 2.75) is 52.4 Å². The van der Waals surface area contributed by atoms with Crippen molar-refractivity contribution in [1.82, 2.24) is 4.98 Å². The van der Waals surface area contributed by atoms with Crippen LogP contribution in [0.3, 0.4) is 0 Å². The molecule has 0 aliphatic rings. The topological polar surface area (TPSA) is 30.0 Å². The first-order chi connectivity index (χ1) is 7.03. The lowest BCUT2D eigenvalue weighted by molar-refractivity contribution is 0.101. The Morgan fingerprint density at radius 3 is 2.60 bits per heavy atom. The van der Waals surface area contributed by atoms with Crippen LogP contribution in [0.2, 0.25) is 0 Å². The zero-order valence-corrected chi connectivity index (χ0v) is 10.8. The van der Waals surface area contributed by atoms with Crippen LogP contribution in [0.15, 0.2) is 5.38 Å². The van der Waals surface area contributed by atoms with Crippen molar-refractivity contribution in [3.63, 3.8) is 0 Å². The minimum Gasteiger partial charge on any atom is -0.293 e. The van der Waals surface area contributed by atoms with Crippen molar-refractivity contribution < 1.29 is 4.79 Å². The number of thiazole rings is 1. The summed E-state index contributed by atoms with van der Waals surface area (Å²) in [4.78, 5) is 15.6. The Kier molecular flexibility index (Phi) is 4.03. The van der Waals surface area contributed by atoms with Crippen LogP contribution in [0.25, 0.3) is 0 Å². The molecule has 1 unspecified atom stereocenters. The molecule has 0 bridgehead atoms. The fourth-order valence-corrected chi connectivity index (χ4v) is 2.82. The summed E-state index contributed by atoms with van der Waals surface area (Å²) in [6, 6.07) is 0. The minimum absolute atomic E-state index is 0.0625. The molecule has 0 saturated carbocycles. The third kappa shape index (κ3) is 2.65. The summed E-state index contributed by atoms with van der Waals surface area (Å²) in [5.74, 6) is 0.0625. The molecule has 3 heteroatoms. The predicted molar refractivity (Wildman–Crippen MR) is 64.7 cm³/mol. The lowest BCUT2D eigenvalue weighted by atomic mass is 9.84. The van der Waals surface area contributed by atoms with Gasteiger partial charge in [0, 0.05) is 17.7 Å². The van der Waals surface area contributed by atoms with Crippen LogP contribution in [0.4, 0.5) is 0 Å². The van der Waals surface area contributed by atoms with E-state index in [1.807, 2.05) is 5.38 Å². The van der Waals surface area contributed by atoms with Crippen molar-refractivity contribution in [3.8, 4) is 0 Å². The van der Waals surface area contributed by atoms with E-state index < -0.39 is 0 Å². The number of hydrogen-bond acceptors (Lipinski definition) is 3. The average molecular weight is 225 g/mol. The first-order valence-corrected chi connectivity index (χ1v) is 6.38. The molecule has 1 atom stereocenters. The van der Waals surface area contributed by atoms with Gasteiger partial charge in [-0.2, -0.15) is 0 Å². The second-order valence-corrected chi connectivity index (χ2v) is 5.12. The molecule has 1 aromatic heterocycles. The Labute approximate surface area is 95.7 Å². The van der Waals surface area contributed by atoms with Crippen LogP contribution < -0.4 is 0 Å². The number of carbonyl (C=O) groups excluding carboxylic acids is 1. The highest BCUT2D eigenvalue weighted by atomic mass is 32.1. The smallest absolute Gasteiger partial charge is 0.178 e. The van der Waals surface area contributed by atoms with Crippen LogP contribution >= 0.6 is 11.3 Å². The lowest BCUT2D eigenvalue weighted by Crippen LogP contribution is -2.20. The third-order valence-corrected chi connectivity index (χ3v) is 4.11. The monoisotopic (exact) mass is 225 g/mol. The maximum atomic E-state index is 11.2.